The Morgan fingerprint density at radius 2 is 2.00 bits per heavy atom. The van der Waals surface area contributed by atoms with Gasteiger partial charge in [-0.15, -0.1) is 6.58 Å². The molecule has 0 N–H and O–H groups in total. The summed E-state index contributed by atoms with van der Waals surface area (Å²) in [7, 11) is 0. The topological polar surface area (TPSA) is 0 Å². The van der Waals surface area contributed by atoms with Crippen LogP contribution in [-0.4, -0.2) is 6.67 Å². The quantitative estimate of drug-likeness (QED) is 0.602. The van der Waals surface area contributed by atoms with Crippen LogP contribution in [0.15, 0.2) is 43.0 Å². The molecule has 1 atom stereocenters. The van der Waals surface area contributed by atoms with Crippen molar-refractivity contribution in [3.63, 3.8) is 0 Å². The van der Waals surface area contributed by atoms with Gasteiger partial charge in [0.25, 0.3) is 0 Å². The van der Waals surface area contributed by atoms with E-state index in [0.29, 0.717) is 0 Å². The summed E-state index contributed by atoms with van der Waals surface area (Å²) in [6.45, 7) is 5.08. The molecule has 1 aromatic carbocycles. The normalized spacial score (nSPS) is 15.2. The van der Waals surface area contributed by atoms with Gasteiger partial charge in [-0.3, -0.25) is 0 Å². The molecule has 0 aliphatic rings. The van der Waals surface area contributed by atoms with Crippen molar-refractivity contribution >= 4 is 0 Å². The van der Waals surface area contributed by atoms with Crippen molar-refractivity contribution in [1.82, 2.24) is 0 Å². The van der Waals surface area contributed by atoms with Gasteiger partial charge in [0.1, 0.15) is 6.67 Å². The maximum atomic E-state index is 12.7. The molecule has 12 heavy (non-hydrogen) atoms. The highest BCUT2D eigenvalue weighted by Gasteiger charge is 2.21. The van der Waals surface area contributed by atoms with Crippen molar-refractivity contribution in [2.45, 2.75) is 12.3 Å². The molecule has 1 rings (SSSR count). The van der Waals surface area contributed by atoms with Gasteiger partial charge in [-0.05, 0) is 12.5 Å². The Morgan fingerprint density at radius 1 is 1.42 bits per heavy atom. The van der Waals surface area contributed by atoms with Crippen LogP contribution >= 0.6 is 0 Å². The second-order valence-electron chi connectivity index (χ2n) is 3.12. The first-order valence-electron chi connectivity index (χ1n) is 3.98. The zero-order valence-electron chi connectivity index (χ0n) is 7.26. The Balaban J connectivity index is 3.03. The summed E-state index contributed by atoms with van der Waals surface area (Å²) in [5.41, 5.74) is 0.448. The third kappa shape index (κ3) is 1.55. The van der Waals surface area contributed by atoms with Crippen LogP contribution in [0, 0.1) is 0 Å². The van der Waals surface area contributed by atoms with E-state index >= 15 is 0 Å². The third-order valence-corrected chi connectivity index (χ3v) is 2.16. The molecule has 1 heteroatoms. The summed E-state index contributed by atoms with van der Waals surface area (Å²) >= 11 is 0. The molecule has 0 nitrogen and oxygen atoms in total. The maximum absolute atomic E-state index is 12.7. The molecule has 0 spiro atoms. The van der Waals surface area contributed by atoms with Gasteiger partial charge in [-0.1, -0.05) is 36.4 Å². The molecule has 0 fully saturated rings. The molecule has 0 unspecified atom stereocenters. The average Bonchev–Trinajstić information content (AvgIpc) is 2.18. The lowest BCUT2D eigenvalue weighted by atomic mass is 9.84. The molecule has 0 radical (unpaired) electrons. The van der Waals surface area contributed by atoms with Gasteiger partial charge in [0, 0.05) is 5.41 Å². The molecule has 64 valence electrons. The lowest BCUT2D eigenvalue weighted by Crippen LogP contribution is -2.20. The molecule has 0 bridgehead atoms. The minimum atomic E-state index is -0.527. The van der Waals surface area contributed by atoms with Gasteiger partial charge in [-0.2, -0.15) is 0 Å². The monoisotopic (exact) mass is 164 g/mol. The Hall–Kier alpha value is -1.11. The summed E-state index contributed by atoms with van der Waals surface area (Å²) in [6.07, 6.45) is 1.66. The first-order valence-corrected chi connectivity index (χ1v) is 3.98. The minimum Gasteiger partial charge on any atom is -0.250 e. The SMILES string of the molecule is C=C[C@@](C)(CF)c1ccccc1. The predicted molar refractivity (Wildman–Crippen MR) is 50.0 cm³/mol. The van der Waals surface area contributed by atoms with Crippen LogP contribution in [0.25, 0.3) is 0 Å². The van der Waals surface area contributed by atoms with Gasteiger partial charge in [0.05, 0.1) is 0 Å². The predicted octanol–water partition coefficient (Wildman–Crippen LogP) is 3.10. The molecule has 1 aromatic rings. The van der Waals surface area contributed by atoms with E-state index in [4.69, 9.17) is 0 Å². The Labute approximate surface area is 72.7 Å². The molecular formula is C11H13F. The fraction of sp³-hybridized carbons (Fsp3) is 0.273. The molecule has 0 aliphatic carbocycles. The van der Waals surface area contributed by atoms with Crippen molar-refractivity contribution in [3.8, 4) is 0 Å². The van der Waals surface area contributed by atoms with E-state index in [1.807, 2.05) is 37.3 Å². The van der Waals surface area contributed by atoms with Gasteiger partial charge in [0.15, 0.2) is 0 Å². The molecule has 0 saturated heterocycles. The standard InChI is InChI=1S/C11H13F/c1-3-11(2,9-12)10-7-5-4-6-8-10/h3-8H,1,9H2,2H3/t11-/m0/s1. The van der Waals surface area contributed by atoms with E-state index < -0.39 is 12.1 Å². The minimum absolute atomic E-state index is 0.402. The lowest BCUT2D eigenvalue weighted by molar-refractivity contribution is 0.383. The molecule has 0 aromatic heterocycles. The average molecular weight is 164 g/mol. The zero-order chi connectivity index (χ0) is 9.03. The summed E-state index contributed by atoms with van der Waals surface area (Å²) in [6, 6.07) is 9.58. The van der Waals surface area contributed by atoms with Gasteiger partial charge in [0.2, 0.25) is 0 Å². The Morgan fingerprint density at radius 3 is 2.42 bits per heavy atom. The number of hydrogen-bond donors (Lipinski definition) is 0. The van der Waals surface area contributed by atoms with E-state index in [2.05, 4.69) is 6.58 Å². The van der Waals surface area contributed by atoms with E-state index in [1.54, 1.807) is 6.08 Å². The smallest absolute Gasteiger partial charge is 0.102 e. The Bertz CT molecular complexity index is 253. The van der Waals surface area contributed by atoms with Crippen molar-refractivity contribution in [1.29, 1.82) is 0 Å². The highest BCUT2D eigenvalue weighted by molar-refractivity contribution is 5.29. The van der Waals surface area contributed by atoms with E-state index in [-0.39, 0.29) is 0 Å². The van der Waals surface area contributed by atoms with Crippen LogP contribution in [0.5, 0.6) is 0 Å². The largest absolute Gasteiger partial charge is 0.250 e. The number of allylic oxidation sites excluding steroid dienone is 1. The highest BCUT2D eigenvalue weighted by Crippen LogP contribution is 2.24. The first kappa shape index (κ1) is 8.98. The van der Waals surface area contributed by atoms with Gasteiger partial charge >= 0.3 is 0 Å². The van der Waals surface area contributed by atoms with Crippen LogP contribution in [-0.2, 0) is 5.41 Å². The summed E-state index contributed by atoms with van der Waals surface area (Å²) in [5, 5.41) is 0. The van der Waals surface area contributed by atoms with Crippen molar-refractivity contribution in [3.05, 3.63) is 48.6 Å². The molecular weight excluding hydrogens is 151 g/mol. The van der Waals surface area contributed by atoms with E-state index in [1.165, 1.54) is 0 Å². The second kappa shape index (κ2) is 3.53. The van der Waals surface area contributed by atoms with Crippen molar-refractivity contribution in [2.24, 2.45) is 0 Å². The number of halogens is 1. The van der Waals surface area contributed by atoms with Crippen LogP contribution in [0.2, 0.25) is 0 Å². The Kier molecular flexibility index (Phi) is 2.64. The molecule has 0 aliphatic heterocycles. The van der Waals surface area contributed by atoms with Crippen LogP contribution < -0.4 is 0 Å². The fourth-order valence-corrected chi connectivity index (χ4v) is 1.07. The maximum Gasteiger partial charge on any atom is 0.102 e. The van der Waals surface area contributed by atoms with E-state index in [9.17, 15) is 4.39 Å². The zero-order valence-corrected chi connectivity index (χ0v) is 7.26. The van der Waals surface area contributed by atoms with E-state index in [0.717, 1.165) is 5.56 Å². The van der Waals surface area contributed by atoms with Crippen LogP contribution in [0.1, 0.15) is 12.5 Å². The van der Waals surface area contributed by atoms with Crippen molar-refractivity contribution in [2.75, 3.05) is 6.67 Å². The highest BCUT2D eigenvalue weighted by atomic mass is 19.1. The number of alkyl halides is 1. The second-order valence-corrected chi connectivity index (χ2v) is 3.12. The molecule has 0 saturated carbocycles. The third-order valence-electron chi connectivity index (χ3n) is 2.16. The fourth-order valence-electron chi connectivity index (χ4n) is 1.07. The number of hydrogen-bond acceptors (Lipinski definition) is 0. The summed E-state index contributed by atoms with van der Waals surface area (Å²) in [5.74, 6) is 0. The van der Waals surface area contributed by atoms with Crippen molar-refractivity contribution < 1.29 is 4.39 Å². The van der Waals surface area contributed by atoms with Crippen LogP contribution in [0.3, 0.4) is 0 Å². The number of benzene rings is 1. The first-order chi connectivity index (χ1) is 5.73. The van der Waals surface area contributed by atoms with Gasteiger partial charge < -0.3 is 0 Å². The van der Waals surface area contributed by atoms with Crippen LogP contribution in [0.4, 0.5) is 4.39 Å². The number of rotatable bonds is 3. The summed E-state index contributed by atoms with van der Waals surface area (Å²) in [4.78, 5) is 0. The lowest BCUT2D eigenvalue weighted by Gasteiger charge is -2.21. The molecule has 0 amide bonds. The van der Waals surface area contributed by atoms with Gasteiger partial charge in [-0.25, -0.2) is 4.39 Å². The molecule has 0 heterocycles. The summed E-state index contributed by atoms with van der Waals surface area (Å²) < 4.78 is 12.7.